The van der Waals surface area contributed by atoms with Gasteiger partial charge in [0, 0.05) is 23.4 Å². The number of fused-ring (bicyclic) bond motifs is 3. The van der Waals surface area contributed by atoms with Gasteiger partial charge in [0.1, 0.15) is 32.9 Å². The largest absolute Gasteiger partial charge is 0.870 e. The number of benzene rings is 2. The highest BCUT2D eigenvalue weighted by atomic mass is 35.5. The monoisotopic (exact) mass is 731 g/mol. The van der Waals surface area contributed by atoms with E-state index in [1.54, 1.807) is 54.9 Å². The van der Waals surface area contributed by atoms with Crippen molar-refractivity contribution in [2.45, 2.75) is 38.0 Å². The molecule has 7 rings (SSSR count). The van der Waals surface area contributed by atoms with Crippen molar-refractivity contribution >= 4 is 52.3 Å². The summed E-state index contributed by atoms with van der Waals surface area (Å²) in [6.45, 7) is 2.79. The van der Waals surface area contributed by atoms with Gasteiger partial charge in [-0.1, -0.05) is 35.3 Å². The predicted molar refractivity (Wildman–Crippen MR) is 183 cm³/mol. The zero-order valence-corrected chi connectivity index (χ0v) is 29.2. The smallest absolute Gasteiger partial charge is 0.414 e. The second kappa shape index (κ2) is 16.2. The lowest BCUT2D eigenvalue weighted by atomic mass is 9.86. The maximum absolute atomic E-state index is 14.3. The van der Waals surface area contributed by atoms with Crippen molar-refractivity contribution in [2.24, 2.45) is 5.92 Å². The number of amides is 1. The second-order valence-electron chi connectivity index (χ2n) is 11.7. The Morgan fingerprint density at radius 1 is 1.02 bits per heavy atom. The minimum atomic E-state index is -0.791. The molecule has 10 nitrogen and oxygen atoms in total. The Labute approximate surface area is 297 Å². The minimum absolute atomic E-state index is 0. The first kappa shape index (κ1) is 36.3. The number of methoxy groups -OCH3 is 2. The summed E-state index contributed by atoms with van der Waals surface area (Å²) in [4.78, 5) is 34.9. The molecule has 2 aromatic heterocycles. The third-order valence-electron chi connectivity index (χ3n) is 8.78. The number of aromatic amines is 1. The number of rotatable bonds is 11. The first-order valence-electron chi connectivity index (χ1n) is 15.5. The van der Waals surface area contributed by atoms with E-state index >= 15 is 0 Å². The molecule has 0 spiro atoms. The maximum atomic E-state index is 14.3. The van der Waals surface area contributed by atoms with Crippen LogP contribution in [0.15, 0.2) is 67.0 Å². The minimum Gasteiger partial charge on any atom is -0.870 e. The van der Waals surface area contributed by atoms with Crippen molar-refractivity contribution < 1.29 is 43.4 Å². The van der Waals surface area contributed by atoms with Crippen LogP contribution in [0.1, 0.15) is 44.6 Å². The lowest BCUT2D eigenvalue weighted by molar-refractivity contribution is -0.377. The molecule has 0 radical (unpaired) electrons. The Kier molecular flexibility index (Phi) is 12.0. The molecule has 2 atom stereocenters. The summed E-state index contributed by atoms with van der Waals surface area (Å²) in [6, 6.07) is 14.5. The van der Waals surface area contributed by atoms with Crippen LogP contribution in [0.3, 0.4) is 0 Å². The predicted octanol–water partition coefficient (Wildman–Crippen LogP) is 7.23. The molecule has 0 unspecified atom stereocenters. The van der Waals surface area contributed by atoms with Gasteiger partial charge in [-0.15, -0.1) is 11.3 Å². The topological polar surface area (TPSA) is 122 Å². The molecule has 4 aromatic rings. The number of piperidine rings is 3. The van der Waals surface area contributed by atoms with Crippen LogP contribution >= 0.6 is 34.5 Å². The summed E-state index contributed by atoms with van der Waals surface area (Å²) in [7, 11) is 3.06. The van der Waals surface area contributed by atoms with Gasteiger partial charge in [0.05, 0.1) is 26.5 Å². The summed E-state index contributed by atoms with van der Waals surface area (Å²) in [5, 5.41) is 0.787. The normalized spacial score (nSPS) is 18.6. The summed E-state index contributed by atoms with van der Waals surface area (Å²) < 4.78 is 37.3. The van der Waals surface area contributed by atoms with E-state index in [4.69, 9.17) is 42.1 Å². The molecule has 3 aliphatic heterocycles. The molecule has 2 bridgehead atoms. The molecule has 0 saturated carbocycles. The van der Waals surface area contributed by atoms with Gasteiger partial charge in [0.15, 0.2) is 23.9 Å². The van der Waals surface area contributed by atoms with Crippen LogP contribution in [0, 0.1) is 11.7 Å². The summed E-state index contributed by atoms with van der Waals surface area (Å²) >= 11 is 14.1. The number of ether oxygens (including phenoxy) is 4. The average Bonchev–Trinajstić information content (AvgIpc) is 3.57. The van der Waals surface area contributed by atoms with Crippen molar-refractivity contribution in [1.82, 2.24) is 4.90 Å². The molecule has 3 aliphatic rings. The van der Waals surface area contributed by atoms with Crippen LogP contribution in [0.2, 0.25) is 10.0 Å². The zero-order chi connectivity index (χ0) is 33.8. The SMILES string of the molecule is COc1ccc([C@H](Cc2c(Cl)c[nH+]cc2Cl)OC(=O)c2ccc(CN(C(=O)O[C@H]3CN4CCC3CC4)c3cccc(F)c3)s2)cc1OC.[OH-]. The highest BCUT2D eigenvalue weighted by Crippen LogP contribution is 2.36. The highest BCUT2D eigenvalue weighted by Gasteiger charge is 2.37. The Morgan fingerprint density at radius 3 is 2.41 bits per heavy atom. The van der Waals surface area contributed by atoms with E-state index in [2.05, 4.69) is 9.88 Å². The number of hydrogen-bond acceptors (Lipinski definition) is 9. The third kappa shape index (κ3) is 8.45. The number of halogens is 3. The number of esters is 1. The van der Waals surface area contributed by atoms with Gasteiger partial charge in [-0.2, -0.15) is 0 Å². The van der Waals surface area contributed by atoms with Gasteiger partial charge in [-0.3, -0.25) is 9.80 Å². The van der Waals surface area contributed by atoms with Crippen LogP contribution in [-0.4, -0.2) is 62.4 Å². The molecule has 49 heavy (non-hydrogen) atoms. The fourth-order valence-corrected chi connectivity index (χ4v) is 7.61. The Morgan fingerprint density at radius 2 is 1.76 bits per heavy atom. The summed E-state index contributed by atoms with van der Waals surface area (Å²) in [5.41, 5.74) is 1.61. The molecule has 2 aromatic carbocycles. The zero-order valence-electron chi connectivity index (χ0n) is 26.9. The molecule has 3 fully saturated rings. The van der Waals surface area contributed by atoms with Gasteiger partial charge in [-0.05, 0) is 79.9 Å². The fourth-order valence-electron chi connectivity index (χ4n) is 6.20. The van der Waals surface area contributed by atoms with E-state index in [9.17, 15) is 14.0 Å². The van der Waals surface area contributed by atoms with E-state index in [1.807, 2.05) is 0 Å². The molecule has 0 aliphatic carbocycles. The summed E-state index contributed by atoms with van der Waals surface area (Å²) in [5.74, 6) is 0.258. The van der Waals surface area contributed by atoms with E-state index < -0.39 is 24.0 Å². The Bertz CT molecular complexity index is 1770. The molecular formula is C35H36Cl2FN3O7S. The number of H-pyrrole nitrogens is 1. The number of pyridine rings is 1. The Hall–Kier alpha value is -3.94. The molecule has 14 heteroatoms. The van der Waals surface area contributed by atoms with Crippen molar-refractivity contribution in [3.8, 4) is 11.5 Å². The lowest BCUT2D eigenvalue weighted by Gasteiger charge is -2.44. The average molecular weight is 733 g/mol. The van der Waals surface area contributed by atoms with Crippen molar-refractivity contribution in [3.63, 3.8) is 0 Å². The van der Waals surface area contributed by atoms with E-state index in [1.165, 1.54) is 42.6 Å². The number of carbonyl (C=O) groups excluding carboxylic acids is 2. The lowest BCUT2D eigenvalue weighted by Crippen LogP contribution is -2.53. The first-order chi connectivity index (χ1) is 23.2. The van der Waals surface area contributed by atoms with Gasteiger partial charge >= 0.3 is 12.1 Å². The second-order valence-corrected chi connectivity index (χ2v) is 13.7. The Balaban J connectivity index is 0.00000468. The van der Waals surface area contributed by atoms with E-state index in [-0.39, 0.29) is 24.5 Å². The highest BCUT2D eigenvalue weighted by molar-refractivity contribution is 7.14. The number of nitrogens with one attached hydrogen (secondary N) is 1. The third-order valence-corrected chi connectivity index (χ3v) is 10.5. The summed E-state index contributed by atoms with van der Waals surface area (Å²) in [6.07, 6.45) is 3.80. The number of carbonyl (C=O) groups is 2. The number of hydrogen-bond donors (Lipinski definition) is 0. The molecule has 3 saturated heterocycles. The van der Waals surface area contributed by atoms with Gasteiger partial charge in [0.2, 0.25) is 0 Å². The molecule has 2 N–H and O–H groups in total. The maximum Gasteiger partial charge on any atom is 0.414 e. The van der Waals surface area contributed by atoms with Crippen molar-refractivity contribution in [3.05, 3.63) is 104 Å². The van der Waals surface area contributed by atoms with Crippen molar-refractivity contribution in [2.75, 3.05) is 38.8 Å². The standard InChI is InChI=1S/C35H34Cl2FN3O6S.H2O/c1-44-29-8-6-22(14-31(29)45-2)30(16-26-27(36)17-39-18-28(26)37)46-34(42)33-9-7-25(48-33)19-41(24-5-3-4-23(38)15-24)35(43)47-32-20-40-12-10-21(32)11-13-40;/h3-9,14-15,17-18,21,30,32H,10-13,16,19-20H2,1-2H3;1H2/t30-,32-;/m0./s1. The molecule has 260 valence electrons. The van der Waals surface area contributed by atoms with Gasteiger partial charge < -0.3 is 24.4 Å². The van der Waals surface area contributed by atoms with Crippen LogP contribution in [0.4, 0.5) is 14.9 Å². The number of aromatic nitrogens is 1. The number of thiophene rings is 1. The number of nitrogens with zero attached hydrogens (tertiary/aromatic N) is 2. The fraction of sp³-hybridized carbons (Fsp3) is 0.343. The molecule has 5 heterocycles. The van der Waals surface area contributed by atoms with E-state index in [0.717, 1.165) is 25.9 Å². The molecule has 1 amide bonds. The first-order valence-corrected chi connectivity index (χ1v) is 17.1. The van der Waals surface area contributed by atoms with Crippen LogP contribution in [0.25, 0.3) is 0 Å². The van der Waals surface area contributed by atoms with E-state index in [0.29, 0.717) is 60.6 Å². The van der Waals surface area contributed by atoms with Crippen LogP contribution in [0.5, 0.6) is 11.5 Å². The van der Waals surface area contributed by atoms with Crippen LogP contribution < -0.4 is 19.4 Å². The van der Waals surface area contributed by atoms with Gasteiger partial charge in [-0.25, -0.2) is 19.0 Å². The van der Waals surface area contributed by atoms with Gasteiger partial charge in [0.25, 0.3) is 0 Å². The molecular weight excluding hydrogens is 696 g/mol. The quantitative estimate of drug-likeness (QED) is 0.148. The van der Waals surface area contributed by atoms with Crippen LogP contribution in [-0.2, 0) is 22.4 Å². The van der Waals surface area contributed by atoms with Crippen molar-refractivity contribution in [1.29, 1.82) is 0 Å². The number of anilines is 1.